The van der Waals surface area contributed by atoms with Crippen LogP contribution in [0.15, 0.2) is 0 Å². The van der Waals surface area contributed by atoms with Crippen LogP contribution in [0.3, 0.4) is 0 Å². The highest BCUT2D eigenvalue weighted by atomic mass is 15.1. The molecule has 15 heavy (non-hydrogen) atoms. The summed E-state index contributed by atoms with van der Waals surface area (Å²) in [7, 11) is 0. The Morgan fingerprint density at radius 3 is 1.87 bits per heavy atom. The van der Waals surface area contributed by atoms with Crippen molar-refractivity contribution in [3.63, 3.8) is 0 Å². The molecule has 2 heteroatoms. The molecule has 5 rings (SSSR count). The average Bonchev–Trinajstić information content (AvgIpc) is 2.12. The maximum absolute atomic E-state index is 3.94. The zero-order valence-corrected chi connectivity index (χ0v) is 9.41. The highest BCUT2D eigenvalue weighted by Gasteiger charge is 2.48. The van der Waals surface area contributed by atoms with E-state index < -0.39 is 0 Å². The quantitative estimate of drug-likeness (QED) is 0.713. The molecular weight excluding hydrogens is 184 g/mol. The minimum Gasteiger partial charge on any atom is -0.314 e. The van der Waals surface area contributed by atoms with E-state index >= 15 is 0 Å². The van der Waals surface area contributed by atoms with E-state index in [1.54, 1.807) is 32.1 Å². The summed E-state index contributed by atoms with van der Waals surface area (Å²) in [5.41, 5.74) is 0. The van der Waals surface area contributed by atoms with Crippen molar-refractivity contribution in [2.45, 2.75) is 44.2 Å². The zero-order valence-electron chi connectivity index (χ0n) is 9.41. The van der Waals surface area contributed by atoms with Gasteiger partial charge in [-0.05, 0) is 55.8 Å². The predicted octanol–water partition coefficient (Wildman–Crippen LogP) is 1.37. The fraction of sp³-hybridized carbons (Fsp3) is 1.00. The van der Waals surface area contributed by atoms with Crippen molar-refractivity contribution < 1.29 is 0 Å². The van der Waals surface area contributed by atoms with Gasteiger partial charge in [-0.2, -0.15) is 0 Å². The summed E-state index contributed by atoms with van der Waals surface area (Å²) in [6.07, 6.45) is 7.76. The Morgan fingerprint density at radius 1 is 0.800 bits per heavy atom. The van der Waals surface area contributed by atoms with Gasteiger partial charge in [0.1, 0.15) is 0 Å². The molecule has 0 aromatic rings. The molecule has 0 unspecified atom stereocenters. The van der Waals surface area contributed by atoms with Crippen molar-refractivity contribution in [2.24, 2.45) is 23.7 Å². The first-order valence-electron chi connectivity index (χ1n) is 6.85. The van der Waals surface area contributed by atoms with E-state index in [1.165, 1.54) is 13.1 Å². The lowest BCUT2D eigenvalue weighted by atomic mass is 9.54. The summed E-state index contributed by atoms with van der Waals surface area (Å²) in [5.74, 6) is 4.32. The molecule has 4 bridgehead atoms. The Kier molecular flexibility index (Phi) is 1.92. The van der Waals surface area contributed by atoms with Crippen molar-refractivity contribution in [1.82, 2.24) is 10.6 Å². The second-order valence-electron chi connectivity index (χ2n) is 6.48. The third kappa shape index (κ3) is 1.38. The molecule has 2 N–H and O–H groups in total. The van der Waals surface area contributed by atoms with Gasteiger partial charge in [-0.15, -0.1) is 0 Å². The average molecular weight is 206 g/mol. The van der Waals surface area contributed by atoms with Crippen LogP contribution in [0.4, 0.5) is 0 Å². The van der Waals surface area contributed by atoms with Crippen LogP contribution in [-0.2, 0) is 0 Å². The largest absolute Gasteiger partial charge is 0.314 e. The van der Waals surface area contributed by atoms with Crippen LogP contribution in [0.2, 0.25) is 0 Å². The molecule has 0 amide bonds. The lowest BCUT2D eigenvalue weighted by molar-refractivity contribution is -0.0198. The van der Waals surface area contributed by atoms with Gasteiger partial charge in [0.15, 0.2) is 0 Å². The predicted molar refractivity (Wildman–Crippen MR) is 60.6 cm³/mol. The normalized spacial score (nSPS) is 53.2. The summed E-state index contributed by atoms with van der Waals surface area (Å²) in [6, 6.07) is 1.69. The van der Waals surface area contributed by atoms with Gasteiger partial charge in [-0.25, -0.2) is 0 Å². The van der Waals surface area contributed by atoms with Gasteiger partial charge in [-0.1, -0.05) is 0 Å². The van der Waals surface area contributed by atoms with Crippen molar-refractivity contribution in [3.8, 4) is 0 Å². The Bertz CT molecular complexity index is 231. The van der Waals surface area contributed by atoms with E-state index in [4.69, 9.17) is 0 Å². The van der Waals surface area contributed by atoms with Crippen LogP contribution in [-0.4, -0.2) is 25.2 Å². The molecule has 0 radical (unpaired) electrons. The molecule has 0 atom stereocenters. The lowest BCUT2D eigenvalue weighted by Crippen LogP contribution is -2.63. The lowest BCUT2D eigenvalue weighted by Gasteiger charge is -2.55. The van der Waals surface area contributed by atoms with Crippen LogP contribution < -0.4 is 10.6 Å². The number of hydrogen-bond acceptors (Lipinski definition) is 2. The van der Waals surface area contributed by atoms with Gasteiger partial charge in [0.25, 0.3) is 0 Å². The van der Waals surface area contributed by atoms with Crippen molar-refractivity contribution in [2.75, 3.05) is 13.1 Å². The topological polar surface area (TPSA) is 24.1 Å². The van der Waals surface area contributed by atoms with Gasteiger partial charge in [0, 0.05) is 25.2 Å². The first-order chi connectivity index (χ1) is 7.38. The summed E-state index contributed by atoms with van der Waals surface area (Å²) >= 11 is 0. The van der Waals surface area contributed by atoms with E-state index in [-0.39, 0.29) is 0 Å². The maximum Gasteiger partial charge on any atom is 0.0320 e. The van der Waals surface area contributed by atoms with Crippen LogP contribution in [0.1, 0.15) is 32.1 Å². The van der Waals surface area contributed by atoms with Gasteiger partial charge in [0.2, 0.25) is 0 Å². The molecule has 5 fully saturated rings. The van der Waals surface area contributed by atoms with Crippen molar-refractivity contribution in [3.05, 3.63) is 0 Å². The SMILES string of the molecule is C1C2CC3CC1CC(C2)C3NC1CNC1. The van der Waals surface area contributed by atoms with Crippen LogP contribution in [0.25, 0.3) is 0 Å². The molecule has 1 heterocycles. The highest BCUT2D eigenvalue weighted by Crippen LogP contribution is 2.53. The Labute approximate surface area is 92.2 Å². The monoisotopic (exact) mass is 206 g/mol. The summed E-state index contributed by atoms with van der Waals surface area (Å²) in [6.45, 7) is 2.42. The van der Waals surface area contributed by atoms with Gasteiger partial charge in [-0.3, -0.25) is 0 Å². The molecular formula is C13H22N2. The van der Waals surface area contributed by atoms with Crippen LogP contribution in [0, 0.1) is 23.7 Å². The minimum absolute atomic E-state index is 0.799. The number of rotatable bonds is 2. The molecule has 0 spiro atoms. The third-order valence-electron chi connectivity index (χ3n) is 5.44. The Balaban J connectivity index is 1.49. The summed E-state index contributed by atoms with van der Waals surface area (Å²) in [4.78, 5) is 0. The first-order valence-corrected chi connectivity index (χ1v) is 6.85. The number of hydrogen-bond donors (Lipinski definition) is 2. The fourth-order valence-corrected chi connectivity index (χ4v) is 4.88. The van der Waals surface area contributed by atoms with Crippen LogP contribution >= 0.6 is 0 Å². The molecule has 5 aliphatic rings. The first kappa shape index (κ1) is 9.00. The minimum atomic E-state index is 0.799. The standard InChI is InChI=1S/C13H22N2/c1-8-2-10-4-9(1)5-11(3-8)13(10)15-12-6-14-7-12/h8-15H,1-7H2. The molecule has 4 aliphatic carbocycles. The smallest absolute Gasteiger partial charge is 0.0320 e. The molecule has 2 nitrogen and oxygen atoms in total. The van der Waals surface area contributed by atoms with E-state index in [0.29, 0.717) is 0 Å². The molecule has 84 valence electrons. The fourth-order valence-electron chi connectivity index (χ4n) is 4.88. The molecule has 1 aliphatic heterocycles. The third-order valence-corrected chi connectivity index (χ3v) is 5.44. The van der Waals surface area contributed by atoms with Gasteiger partial charge in [0.05, 0.1) is 0 Å². The molecule has 0 aromatic carbocycles. The summed E-state index contributed by atoms with van der Waals surface area (Å²) in [5, 5.41) is 7.31. The zero-order chi connectivity index (χ0) is 9.83. The Hall–Kier alpha value is -0.0800. The second kappa shape index (κ2) is 3.21. The van der Waals surface area contributed by atoms with E-state index in [0.717, 1.165) is 35.8 Å². The maximum atomic E-state index is 3.94. The molecule has 0 aromatic heterocycles. The summed E-state index contributed by atoms with van der Waals surface area (Å²) < 4.78 is 0. The molecule has 1 saturated heterocycles. The van der Waals surface area contributed by atoms with Gasteiger partial charge >= 0.3 is 0 Å². The van der Waals surface area contributed by atoms with E-state index in [9.17, 15) is 0 Å². The van der Waals surface area contributed by atoms with Gasteiger partial charge < -0.3 is 10.6 Å². The molecule has 4 saturated carbocycles. The van der Waals surface area contributed by atoms with Crippen molar-refractivity contribution >= 4 is 0 Å². The second-order valence-corrected chi connectivity index (χ2v) is 6.48. The van der Waals surface area contributed by atoms with E-state index in [1.807, 2.05) is 0 Å². The van der Waals surface area contributed by atoms with Crippen molar-refractivity contribution in [1.29, 1.82) is 0 Å². The Morgan fingerprint density at radius 2 is 1.40 bits per heavy atom. The highest BCUT2D eigenvalue weighted by molar-refractivity contribution is 5.03. The number of nitrogens with one attached hydrogen (secondary N) is 2. The van der Waals surface area contributed by atoms with E-state index in [2.05, 4.69) is 10.6 Å². The van der Waals surface area contributed by atoms with Crippen LogP contribution in [0.5, 0.6) is 0 Å².